The first kappa shape index (κ1) is 73.7. The number of nitrogens with one attached hydrogen (secondary N) is 1. The number of aliphatic hydroxyl groups excluding tert-OH is 5. The van der Waals surface area contributed by atoms with Gasteiger partial charge in [-0.1, -0.05) is 321 Å². The molecule has 0 aliphatic carbocycles. The Morgan fingerprint density at radius 1 is 0.429 bits per heavy atom. The average molecular weight is 1090 g/mol. The Balaban J connectivity index is 2.08. The Bertz CT molecular complexity index is 1260. The summed E-state index contributed by atoms with van der Waals surface area (Å²) in [7, 11) is 0. The minimum absolute atomic E-state index is 0.169. The molecule has 0 radical (unpaired) electrons. The van der Waals surface area contributed by atoms with Crippen molar-refractivity contribution in [2.24, 2.45) is 0 Å². The number of hydrogen-bond donors (Lipinski definition) is 6. The third-order valence-electron chi connectivity index (χ3n) is 16.5. The highest BCUT2D eigenvalue weighted by Gasteiger charge is 2.44. The van der Waals surface area contributed by atoms with Crippen molar-refractivity contribution in [1.29, 1.82) is 0 Å². The van der Waals surface area contributed by atoms with Gasteiger partial charge in [0, 0.05) is 6.42 Å². The second-order valence-electron chi connectivity index (χ2n) is 24.0. The lowest BCUT2D eigenvalue weighted by atomic mass is 9.99. The second-order valence-corrected chi connectivity index (χ2v) is 24.0. The lowest BCUT2D eigenvalue weighted by Crippen LogP contribution is -2.60. The number of rotatable bonds is 60. The van der Waals surface area contributed by atoms with E-state index in [0.29, 0.717) is 6.42 Å². The number of aliphatic hydroxyl groups is 5. The quantitative estimate of drug-likeness (QED) is 0.0261. The van der Waals surface area contributed by atoms with Gasteiger partial charge in [-0.3, -0.25) is 4.79 Å². The van der Waals surface area contributed by atoms with Gasteiger partial charge in [0.2, 0.25) is 5.91 Å². The van der Waals surface area contributed by atoms with E-state index in [2.05, 4.69) is 31.3 Å². The summed E-state index contributed by atoms with van der Waals surface area (Å²) in [6.07, 6.45) is 68.6. The first-order valence-corrected chi connectivity index (χ1v) is 34.1. The van der Waals surface area contributed by atoms with Crippen LogP contribution in [0.15, 0.2) is 24.3 Å². The monoisotopic (exact) mass is 1090 g/mol. The Morgan fingerprint density at radius 2 is 0.727 bits per heavy atom. The van der Waals surface area contributed by atoms with Gasteiger partial charge in [0.15, 0.2) is 6.29 Å². The molecule has 9 heteroatoms. The predicted molar refractivity (Wildman–Crippen MR) is 327 cm³/mol. The van der Waals surface area contributed by atoms with E-state index in [0.717, 1.165) is 38.5 Å². The van der Waals surface area contributed by atoms with Crippen LogP contribution >= 0.6 is 0 Å². The molecule has 0 spiro atoms. The molecule has 1 rings (SSSR count). The van der Waals surface area contributed by atoms with Crippen molar-refractivity contribution in [3.8, 4) is 0 Å². The lowest BCUT2D eigenvalue weighted by molar-refractivity contribution is -0.302. The fraction of sp³-hybridized carbons (Fsp3) is 0.926. The molecule has 1 heterocycles. The maximum atomic E-state index is 13.1. The number of carbonyl (C=O) groups excluding carboxylic acids is 1. The number of carbonyl (C=O) groups is 1. The second kappa shape index (κ2) is 57.9. The summed E-state index contributed by atoms with van der Waals surface area (Å²) in [5.41, 5.74) is 0. The molecule has 77 heavy (non-hydrogen) atoms. The number of allylic oxidation sites excluding steroid dienone is 3. The topological polar surface area (TPSA) is 149 Å². The molecule has 0 saturated carbocycles. The van der Waals surface area contributed by atoms with Crippen molar-refractivity contribution < 1.29 is 39.8 Å². The van der Waals surface area contributed by atoms with Gasteiger partial charge in [-0.15, -0.1) is 0 Å². The molecule has 1 amide bonds. The molecule has 6 N–H and O–H groups in total. The smallest absolute Gasteiger partial charge is 0.220 e. The predicted octanol–water partition coefficient (Wildman–Crippen LogP) is 18.1. The van der Waals surface area contributed by atoms with E-state index < -0.39 is 49.5 Å². The maximum Gasteiger partial charge on any atom is 0.220 e. The van der Waals surface area contributed by atoms with Gasteiger partial charge in [-0.25, -0.2) is 0 Å². The van der Waals surface area contributed by atoms with E-state index in [1.807, 2.05) is 6.08 Å². The summed E-state index contributed by atoms with van der Waals surface area (Å²) in [6.45, 7) is 3.83. The summed E-state index contributed by atoms with van der Waals surface area (Å²) >= 11 is 0. The summed E-state index contributed by atoms with van der Waals surface area (Å²) in [6, 6.07) is -0.802. The molecule has 0 aromatic heterocycles. The minimum Gasteiger partial charge on any atom is -0.394 e. The molecule has 7 unspecified atom stereocenters. The third kappa shape index (κ3) is 46.9. The molecule has 1 fully saturated rings. The van der Waals surface area contributed by atoms with Gasteiger partial charge < -0.3 is 40.3 Å². The number of ether oxygens (including phenoxy) is 2. The van der Waals surface area contributed by atoms with E-state index in [1.54, 1.807) is 6.08 Å². The largest absolute Gasteiger partial charge is 0.394 e. The summed E-state index contributed by atoms with van der Waals surface area (Å²) in [5.74, 6) is -0.169. The fourth-order valence-corrected chi connectivity index (χ4v) is 11.2. The first-order valence-electron chi connectivity index (χ1n) is 34.1. The van der Waals surface area contributed by atoms with Crippen molar-refractivity contribution in [3.05, 3.63) is 24.3 Å². The third-order valence-corrected chi connectivity index (χ3v) is 16.5. The van der Waals surface area contributed by atoms with Crippen LogP contribution in [0.5, 0.6) is 0 Å². The normalized spacial score (nSPS) is 18.8. The van der Waals surface area contributed by atoms with Crippen molar-refractivity contribution in [3.63, 3.8) is 0 Å². The van der Waals surface area contributed by atoms with Gasteiger partial charge >= 0.3 is 0 Å². The van der Waals surface area contributed by atoms with Gasteiger partial charge in [0.05, 0.1) is 25.4 Å². The standard InChI is InChI=1S/C68H131NO8/c1-3-5-7-9-11-13-15-17-19-21-23-24-25-26-27-28-29-30-31-32-33-34-35-36-37-38-40-42-44-46-48-50-52-54-56-58-64(72)69-61(60-76-68-67(75)66(74)65(73)63(59-70)77-68)62(71)57-55-53-51-49-47-45-43-41-39-22-20-18-16-14-12-10-8-6-4-2/h21,23,55,57,61-63,65-68,70-71,73-75H,3-20,22,24-54,56,58-60H2,1-2H3,(H,69,72)/b23-21-,57-55+. The van der Waals surface area contributed by atoms with Gasteiger partial charge in [-0.05, 0) is 44.9 Å². The van der Waals surface area contributed by atoms with Crippen molar-refractivity contribution in [1.82, 2.24) is 5.32 Å². The zero-order valence-corrected chi connectivity index (χ0v) is 51.0. The number of unbranched alkanes of at least 4 members (excludes halogenated alkanes) is 48. The van der Waals surface area contributed by atoms with Gasteiger partial charge in [0.1, 0.15) is 24.4 Å². The Labute approximate surface area is 477 Å². The highest BCUT2D eigenvalue weighted by atomic mass is 16.7. The minimum atomic E-state index is -1.56. The molecule has 1 aliphatic heterocycles. The molecule has 0 aromatic rings. The molecule has 0 aromatic carbocycles. The molecule has 456 valence electrons. The van der Waals surface area contributed by atoms with E-state index >= 15 is 0 Å². The SMILES string of the molecule is CCCCCCCCCC/C=C\CCCCCCCCCCCCCCCCCCCCCCCCCC(=O)NC(COC1OC(CO)C(O)C(O)C1O)C(O)/C=C/CCCCCCCCCCCCCCCCCCC. The first-order chi connectivity index (χ1) is 37.8. The van der Waals surface area contributed by atoms with Crippen molar-refractivity contribution in [2.75, 3.05) is 13.2 Å². The molecular weight excluding hydrogens is 959 g/mol. The van der Waals surface area contributed by atoms with Crippen LogP contribution in [0.1, 0.15) is 348 Å². The van der Waals surface area contributed by atoms with Crippen LogP contribution in [0.25, 0.3) is 0 Å². The van der Waals surface area contributed by atoms with E-state index in [1.165, 1.54) is 289 Å². The zero-order valence-electron chi connectivity index (χ0n) is 51.0. The molecule has 0 bridgehead atoms. The van der Waals surface area contributed by atoms with Crippen LogP contribution in [0, 0.1) is 0 Å². The highest BCUT2D eigenvalue weighted by Crippen LogP contribution is 2.23. The average Bonchev–Trinajstić information content (AvgIpc) is 3.43. The van der Waals surface area contributed by atoms with Crippen LogP contribution in [0.4, 0.5) is 0 Å². The fourth-order valence-electron chi connectivity index (χ4n) is 11.2. The van der Waals surface area contributed by atoms with Gasteiger partial charge in [0.25, 0.3) is 0 Å². The Kier molecular flexibility index (Phi) is 55.4. The van der Waals surface area contributed by atoms with E-state index in [9.17, 15) is 30.3 Å². The molecular formula is C68H131NO8. The maximum absolute atomic E-state index is 13.1. The van der Waals surface area contributed by atoms with Crippen molar-refractivity contribution >= 4 is 5.91 Å². The van der Waals surface area contributed by atoms with Gasteiger partial charge in [-0.2, -0.15) is 0 Å². The van der Waals surface area contributed by atoms with E-state index in [-0.39, 0.29) is 12.5 Å². The number of hydrogen-bond acceptors (Lipinski definition) is 8. The zero-order chi connectivity index (χ0) is 55.8. The Morgan fingerprint density at radius 3 is 1.05 bits per heavy atom. The molecule has 1 saturated heterocycles. The van der Waals surface area contributed by atoms with Crippen LogP contribution in [0.3, 0.4) is 0 Å². The van der Waals surface area contributed by atoms with Crippen LogP contribution in [0.2, 0.25) is 0 Å². The lowest BCUT2D eigenvalue weighted by Gasteiger charge is -2.40. The van der Waals surface area contributed by atoms with Crippen LogP contribution in [-0.2, 0) is 14.3 Å². The van der Waals surface area contributed by atoms with Crippen LogP contribution < -0.4 is 5.32 Å². The summed E-state index contributed by atoms with van der Waals surface area (Å²) in [4.78, 5) is 13.1. The highest BCUT2D eigenvalue weighted by molar-refractivity contribution is 5.76. The Hall–Kier alpha value is -1.33. The molecule has 7 atom stereocenters. The molecule has 9 nitrogen and oxygen atoms in total. The summed E-state index contributed by atoms with van der Waals surface area (Å²) < 4.78 is 11.3. The van der Waals surface area contributed by atoms with Crippen molar-refractivity contribution in [2.45, 2.75) is 391 Å². The van der Waals surface area contributed by atoms with E-state index in [4.69, 9.17) is 9.47 Å². The summed E-state index contributed by atoms with van der Waals surface area (Å²) in [5, 5.41) is 54.7. The number of amides is 1. The molecule has 1 aliphatic rings. The van der Waals surface area contributed by atoms with Crippen LogP contribution in [-0.4, -0.2) is 87.5 Å².